The Labute approximate surface area is 145 Å². The largest absolute Gasteiger partial charge is 0.457 e. The van der Waals surface area contributed by atoms with Gasteiger partial charge in [-0.25, -0.2) is 13.2 Å². The molecule has 2 N–H and O–H groups in total. The van der Waals surface area contributed by atoms with E-state index in [1.165, 1.54) is 18.2 Å². The normalized spacial score (nSPS) is 20.8. The minimum absolute atomic E-state index is 0.00158. The molecule has 0 saturated carbocycles. The maximum atomic E-state index is 14.1. The Bertz CT molecular complexity index is 882. The topological polar surface area (TPSA) is 73.5 Å². The molecule has 25 heavy (non-hydrogen) atoms. The highest BCUT2D eigenvalue weighted by atomic mass is 32.2. The number of rotatable bonds is 3. The molecule has 2 aromatic rings. The van der Waals surface area contributed by atoms with Gasteiger partial charge in [0.2, 0.25) is 0 Å². The average Bonchev–Trinajstić information content (AvgIpc) is 2.76. The van der Waals surface area contributed by atoms with Gasteiger partial charge in [-0.1, -0.05) is 0 Å². The van der Waals surface area contributed by atoms with Crippen molar-refractivity contribution in [3.8, 4) is 17.6 Å². The molecule has 3 rings (SSSR count). The van der Waals surface area contributed by atoms with Crippen molar-refractivity contribution >= 4 is 11.8 Å². The van der Waals surface area contributed by atoms with E-state index in [1.54, 1.807) is 12.3 Å². The number of nitrogens with zero attached hydrogens (tertiary/aromatic N) is 1. The highest BCUT2D eigenvalue weighted by molar-refractivity contribution is 7.98. The monoisotopic (exact) mass is 367 g/mol. The van der Waals surface area contributed by atoms with Gasteiger partial charge in [-0.3, -0.25) is 0 Å². The molecule has 0 saturated heterocycles. The number of aliphatic hydroxyl groups excluding tert-OH is 2. The van der Waals surface area contributed by atoms with Crippen molar-refractivity contribution in [3.63, 3.8) is 0 Å². The molecule has 0 bridgehead atoms. The van der Waals surface area contributed by atoms with Gasteiger partial charge in [-0.2, -0.15) is 5.26 Å². The van der Waals surface area contributed by atoms with Gasteiger partial charge in [0.05, 0.1) is 11.6 Å². The molecule has 0 aromatic heterocycles. The Morgan fingerprint density at radius 3 is 2.48 bits per heavy atom. The molecular formula is C17H12F3NO3S. The summed E-state index contributed by atoms with van der Waals surface area (Å²) < 4.78 is 47.1. The quantitative estimate of drug-likeness (QED) is 0.805. The molecule has 2 aromatic carbocycles. The molecule has 4 nitrogen and oxygen atoms in total. The fourth-order valence-electron chi connectivity index (χ4n) is 2.78. The van der Waals surface area contributed by atoms with Crippen LogP contribution in [0, 0.1) is 17.1 Å². The lowest BCUT2D eigenvalue weighted by Gasteiger charge is -2.18. The number of hydrogen-bond acceptors (Lipinski definition) is 5. The summed E-state index contributed by atoms with van der Waals surface area (Å²) >= 11 is 1.14. The van der Waals surface area contributed by atoms with Crippen LogP contribution in [0.5, 0.6) is 11.5 Å². The van der Waals surface area contributed by atoms with Crippen molar-refractivity contribution in [2.45, 2.75) is 23.0 Å². The molecule has 1 aliphatic rings. The van der Waals surface area contributed by atoms with Crippen molar-refractivity contribution in [1.29, 1.82) is 5.26 Å². The molecule has 0 radical (unpaired) electrons. The first-order valence-electron chi connectivity index (χ1n) is 7.13. The molecule has 0 spiro atoms. The number of benzene rings is 2. The average molecular weight is 367 g/mol. The highest BCUT2D eigenvalue weighted by Gasteiger charge is 2.56. The van der Waals surface area contributed by atoms with Crippen LogP contribution in [0.4, 0.5) is 13.2 Å². The van der Waals surface area contributed by atoms with Crippen molar-refractivity contribution in [2.75, 3.05) is 6.26 Å². The summed E-state index contributed by atoms with van der Waals surface area (Å²) in [4.78, 5) is 0.378. The third-order valence-electron chi connectivity index (χ3n) is 3.93. The predicted octanol–water partition coefficient (Wildman–Crippen LogP) is 3.93. The van der Waals surface area contributed by atoms with E-state index >= 15 is 0 Å². The molecule has 1 aliphatic carbocycles. The van der Waals surface area contributed by atoms with Gasteiger partial charge in [0, 0.05) is 22.1 Å². The van der Waals surface area contributed by atoms with Crippen LogP contribution in [0.2, 0.25) is 0 Å². The molecule has 0 heterocycles. The summed E-state index contributed by atoms with van der Waals surface area (Å²) in [5.74, 6) is -4.71. The fraction of sp³-hybridized carbons (Fsp3) is 0.235. The van der Waals surface area contributed by atoms with Crippen LogP contribution in [-0.2, 0) is 0 Å². The zero-order valence-corrected chi connectivity index (χ0v) is 13.6. The van der Waals surface area contributed by atoms with Crippen LogP contribution in [0.3, 0.4) is 0 Å². The van der Waals surface area contributed by atoms with Crippen LogP contribution in [0.25, 0.3) is 0 Å². The van der Waals surface area contributed by atoms with E-state index in [2.05, 4.69) is 0 Å². The lowest BCUT2D eigenvalue weighted by Crippen LogP contribution is -2.26. The van der Waals surface area contributed by atoms with Gasteiger partial charge >= 0.3 is 5.92 Å². The third-order valence-corrected chi connectivity index (χ3v) is 4.73. The molecule has 0 aliphatic heterocycles. The van der Waals surface area contributed by atoms with Crippen LogP contribution in [-0.4, -0.2) is 22.4 Å². The van der Waals surface area contributed by atoms with Crippen LogP contribution in [0.15, 0.2) is 35.2 Å². The predicted molar refractivity (Wildman–Crippen MR) is 84.3 cm³/mol. The fourth-order valence-corrected chi connectivity index (χ4v) is 3.42. The van der Waals surface area contributed by atoms with Crippen molar-refractivity contribution in [1.82, 2.24) is 0 Å². The van der Waals surface area contributed by atoms with Crippen molar-refractivity contribution in [2.24, 2.45) is 0 Å². The van der Waals surface area contributed by atoms with Gasteiger partial charge in [-0.05, 0) is 30.5 Å². The Morgan fingerprint density at radius 1 is 1.16 bits per heavy atom. The number of alkyl halides is 2. The number of thioether (sulfide) groups is 1. The van der Waals surface area contributed by atoms with Gasteiger partial charge in [0.1, 0.15) is 29.5 Å². The Morgan fingerprint density at radius 2 is 1.84 bits per heavy atom. The number of hydrogen-bond donors (Lipinski definition) is 2. The summed E-state index contributed by atoms with van der Waals surface area (Å²) in [6.45, 7) is 0. The molecule has 0 amide bonds. The Kier molecular flexibility index (Phi) is 4.41. The summed E-state index contributed by atoms with van der Waals surface area (Å²) in [7, 11) is 0. The van der Waals surface area contributed by atoms with Crippen molar-refractivity contribution in [3.05, 3.63) is 52.8 Å². The molecular weight excluding hydrogens is 355 g/mol. The second-order valence-corrected chi connectivity index (χ2v) is 6.31. The molecule has 0 fully saturated rings. The zero-order valence-electron chi connectivity index (χ0n) is 12.8. The summed E-state index contributed by atoms with van der Waals surface area (Å²) in [5, 5.41) is 28.8. The number of fused-ring (bicyclic) bond motifs is 1. The molecule has 8 heteroatoms. The SMILES string of the molecule is CSc1ccc(Oc2cc(F)cc(C#N)c2)c2c1[C@H](O)C(F)(F)[C@@H]2O. The lowest BCUT2D eigenvalue weighted by molar-refractivity contribution is -0.166. The Balaban J connectivity index is 2.12. The van der Waals surface area contributed by atoms with E-state index in [0.29, 0.717) is 4.90 Å². The van der Waals surface area contributed by atoms with Gasteiger partial charge in [0.25, 0.3) is 0 Å². The molecule has 0 unspecified atom stereocenters. The van der Waals surface area contributed by atoms with E-state index in [0.717, 1.165) is 23.9 Å². The summed E-state index contributed by atoms with van der Waals surface area (Å²) in [6, 6.07) is 7.83. The van der Waals surface area contributed by atoms with Crippen LogP contribution >= 0.6 is 11.8 Å². The van der Waals surface area contributed by atoms with Crippen LogP contribution < -0.4 is 4.74 Å². The standard InChI is InChI=1S/C17H12F3NO3S/c1-25-12-3-2-11(13-14(12)16(23)17(19,20)15(13)22)24-10-5-8(7-21)4-9(18)6-10/h2-6,15-16,22-23H,1H3/t15-,16+/m1/s1. The number of aliphatic hydroxyl groups is 2. The van der Waals surface area contributed by atoms with Crippen LogP contribution in [0.1, 0.15) is 28.9 Å². The number of ether oxygens (including phenoxy) is 1. The second-order valence-electron chi connectivity index (χ2n) is 5.46. The van der Waals surface area contributed by atoms with Gasteiger partial charge < -0.3 is 14.9 Å². The first-order valence-corrected chi connectivity index (χ1v) is 8.35. The van der Waals surface area contributed by atoms with Crippen molar-refractivity contribution < 1.29 is 28.1 Å². The first-order chi connectivity index (χ1) is 11.8. The molecule has 130 valence electrons. The Hall–Kier alpha value is -2.21. The van der Waals surface area contributed by atoms with Gasteiger partial charge in [0.15, 0.2) is 0 Å². The minimum Gasteiger partial charge on any atom is -0.457 e. The third kappa shape index (κ3) is 2.84. The van der Waals surface area contributed by atoms with E-state index < -0.39 is 23.9 Å². The maximum absolute atomic E-state index is 14.1. The zero-order chi connectivity index (χ0) is 18.4. The number of nitriles is 1. The minimum atomic E-state index is -3.77. The molecule has 2 atom stereocenters. The second kappa shape index (κ2) is 6.26. The lowest BCUT2D eigenvalue weighted by atomic mass is 10.1. The number of halogens is 3. The smallest absolute Gasteiger partial charge is 0.307 e. The van der Waals surface area contributed by atoms with E-state index in [9.17, 15) is 23.4 Å². The van der Waals surface area contributed by atoms with E-state index in [4.69, 9.17) is 10.00 Å². The summed E-state index contributed by atoms with van der Waals surface area (Å²) in [6.07, 6.45) is -2.79. The van der Waals surface area contributed by atoms with E-state index in [-0.39, 0.29) is 28.2 Å². The maximum Gasteiger partial charge on any atom is 0.307 e. The van der Waals surface area contributed by atoms with Gasteiger partial charge in [-0.15, -0.1) is 11.8 Å². The van der Waals surface area contributed by atoms with E-state index in [1.807, 2.05) is 0 Å². The summed E-state index contributed by atoms with van der Waals surface area (Å²) in [5.41, 5.74) is -0.357. The highest BCUT2D eigenvalue weighted by Crippen LogP contribution is 2.56. The first kappa shape index (κ1) is 17.6.